The van der Waals surface area contributed by atoms with E-state index in [0.717, 1.165) is 12.8 Å². The number of cyclic esters (lactones) is 1. The molecule has 0 amide bonds. The summed E-state index contributed by atoms with van der Waals surface area (Å²) < 4.78 is 5.02. The van der Waals surface area contributed by atoms with Crippen LogP contribution in [0.25, 0.3) is 0 Å². The number of esters is 1. The predicted octanol–water partition coefficient (Wildman–Crippen LogP) is 3.13. The molecule has 3 nitrogen and oxygen atoms in total. The number of carbonyl (C=O) groups excluding carboxylic acids is 2. The SMILES string of the molecule is O=C(c1ccc(Cl)c(Cl)c1)C1COC(=O)C12CC2. The van der Waals surface area contributed by atoms with Crippen molar-refractivity contribution in [2.75, 3.05) is 6.61 Å². The monoisotopic (exact) mass is 284 g/mol. The Labute approximate surface area is 114 Å². The first-order valence-electron chi connectivity index (χ1n) is 5.71. The first-order valence-corrected chi connectivity index (χ1v) is 6.47. The molecule has 0 N–H and O–H groups in total. The second-order valence-electron chi connectivity index (χ2n) is 4.80. The molecule has 1 atom stereocenters. The number of Topliss-reactive ketones (excluding diaryl/α,β-unsaturated/α-hetero) is 1. The van der Waals surface area contributed by atoms with Crippen LogP contribution in [-0.4, -0.2) is 18.4 Å². The van der Waals surface area contributed by atoms with Gasteiger partial charge in [0.25, 0.3) is 0 Å². The van der Waals surface area contributed by atoms with Gasteiger partial charge in [0.2, 0.25) is 0 Å². The van der Waals surface area contributed by atoms with Gasteiger partial charge < -0.3 is 4.74 Å². The summed E-state index contributed by atoms with van der Waals surface area (Å²) in [6.07, 6.45) is 1.48. The maximum Gasteiger partial charge on any atom is 0.312 e. The van der Waals surface area contributed by atoms with Gasteiger partial charge in [0, 0.05) is 5.56 Å². The maximum absolute atomic E-state index is 12.4. The van der Waals surface area contributed by atoms with Gasteiger partial charge in [-0.15, -0.1) is 0 Å². The highest BCUT2D eigenvalue weighted by Gasteiger charge is 2.63. The van der Waals surface area contributed by atoms with Crippen LogP contribution in [0.2, 0.25) is 10.0 Å². The molecule has 5 heteroatoms. The molecule has 0 aromatic heterocycles. The normalized spacial score (nSPS) is 24.1. The quantitative estimate of drug-likeness (QED) is 0.619. The van der Waals surface area contributed by atoms with Crippen LogP contribution in [0.5, 0.6) is 0 Å². The molecule has 0 bridgehead atoms. The van der Waals surface area contributed by atoms with E-state index in [1.807, 2.05) is 0 Å². The Bertz CT molecular complexity index is 549. The van der Waals surface area contributed by atoms with Crippen LogP contribution < -0.4 is 0 Å². The molecule has 2 aliphatic rings. The van der Waals surface area contributed by atoms with E-state index in [4.69, 9.17) is 27.9 Å². The minimum Gasteiger partial charge on any atom is -0.464 e. The highest BCUT2D eigenvalue weighted by atomic mass is 35.5. The summed E-state index contributed by atoms with van der Waals surface area (Å²) in [5.74, 6) is -0.694. The van der Waals surface area contributed by atoms with Crippen molar-refractivity contribution >= 4 is 35.0 Å². The average Bonchev–Trinajstić information content (AvgIpc) is 3.07. The van der Waals surface area contributed by atoms with Crippen LogP contribution >= 0.6 is 23.2 Å². The third kappa shape index (κ3) is 1.65. The Kier molecular flexibility index (Phi) is 2.65. The summed E-state index contributed by atoms with van der Waals surface area (Å²) in [4.78, 5) is 24.0. The van der Waals surface area contributed by atoms with E-state index >= 15 is 0 Å². The fraction of sp³-hybridized carbons (Fsp3) is 0.385. The van der Waals surface area contributed by atoms with Gasteiger partial charge in [-0.1, -0.05) is 23.2 Å². The van der Waals surface area contributed by atoms with E-state index < -0.39 is 5.41 Å². The second kappa shape index (κ2) is 3.97. The van der Waals surface area contributed by atoms with Crippen LogP contribution in [0.4, 0.5) is 0 Å². The Morgan fingerprint density at radius 3 is 2.61 bits per heavy atom. The molecule has 1 unspecified atom stereocenters. The van der Waals surface area contributed by atoms with Gasteiger partial charge in [0.05, 0.1) is 21.4 Å². The smallest absolute Gasteiger partial charge is 0.312 e. The van der Waals surface area contributed by atoms with Gasteiger partial charge in [0.1, 0.15) is 6.61 Å². The minimum absolute atomic E-state index is 0.0862. The van der Waals surface area contributed by atoms with Gasteiger partial charge in [-0.25, -0.2) is 0 Å². The Morgan fingerprint density at radius 2 is 2.00 bits per heavy atom. The lowest BCUT2D eigenvalue weighted by Crippen LogP contribution is -2.25. The Hall–Kier alpha value is -1.06. The lowest BCUT2D eigenvalue weighted by molar-refractivity contribution is -0.142. The third-order valence-corrected chi connectivity index (χ3v) is 4.50. The lowest BCUT2D eigenvalue weighted by atomic mass is 9.85. The number of halogens is 2. The van der Waals surface area contributed by atoms with Gasteiger partial charge in [0.15, 0.2) is 5.78 Å². The van der Waals surface area contributed by atoms with Gasteiger partial charge in [-0.2, -0.15) is 0 Å². The molecule has 1 aliphatic heterocycles. The number of hydrogen-bond donors (Lipinski definition) is 0. The van der Waals surface area contributed by atoms with E-state index in [-0.39, 0.29) is 24.3 Å². The number of hydrogen-bond acceptors (Lipinski definition) is 3. The molecule has 1 spiro atoms. The molecule has 1 aliphatic carbocycles. The topological polar surface area (TPSA) is 43.4 Å². The van der Waals surface area contributed by atoms with E-state index in [0.29, 0.717) is 15.6 Å². The lowest BCUT2D eigenvalue weighted by Gasteiger charge is -2.12. The number of ketones is 1. The molecule has 2 fully saturated rings. The van der Waals surface area contributed by atoms with E-state index in [9.17, 15) is 9.59 Å². The summed E-state index contributed by atoms with van der Waals surface area (Å²) >= 11 is 11.7. The molecule has 1 aromatic carbocycles. The van der Waals surface area contributed by atoms with Crippen molar-refractivity contribution in [2.24, 2.45) is 11.3 Å². The zero-order chi connectivity index (χ0) is 12.9. The number of benzene rings is 1. The van der Waals surface area contributed by atoms with E-state index in [1.54, 1.807) is 18.2 Å². The minimum atomic E-state index is -0.552. The highest BCUT2D eigenvalue weighted by molar-refractivity contribution is 6.42. The molecular formula is C13H10Cl2O3. The summed E-state index contributed by atoms with van der Waals surface area (Å²) in [6.45, 7) is 0.178. The van der Waals surface area contributed by atoms with Crippen molar-refractivity contribution in [3.63, 3.8) is 0 Å². The first-order chi connectivity index (χ1) is 8.54. The van der Waals surface area contributed by atoms with Crippen LogP contribution in [0.3, 0.4) is 0 Å². The molecule has 1 saturated carbocycles. The molecule has 94 valence electrons. The second-order valence-corrected chi connectivity index (χ2v) is 5.61. The van der Waals surface area contributed by atoms with E-state index in [1.165, 1.54) is 0 Å². The standard InChI is InChI=1S/C13H10Cl2O3/c14-9-2-1-7(5-10(9)15)11(16)8-6-18-12(17)13(8)3-4-13/h1-2,5,8H,3-4,6H2. The van der Waals surface area contributed by atoms with Crippen molar-refractivity contribution in [3.05, 3.63) is 33.8 Å². The molecule has 3 rings (SSSR count). The molecular weight excluding hydrogens is 275 g/mol. The fourth-order valence-corrected chi connectivity index (χ4v) is 2.77. The average molecular weight is 285 g/mol. The van der Waals surface area contributed by atoms with Gasteiger partial charge in [-0.3, -0.25) is 9.59 Å². The number of carbonyl (C=O) groups is 2. The van der Waals surface area contributed by atoms with Gasteiger partial charge >= 0.3 is 5.97 Å². The molecule has 1 aromatic rings. The Morgan fingerprint density at radius 1 is 1.28 bits per heavy atom. The highest BCUT2D eigenvalue weighted by Crippen LogP contribution is 2.57. The summed E-state index contributed by atoms with van der Waals surface area (Å²) in [5, 5.41) is 0.755. The largest absolute Gasteiger partial charge is 0.464 e. The van der Waals surface area contributed by atoms with Crippen LogP contribution in [0, 0.1) is 11.3 Å². The van der Waals surface area contributed by atoms with Crippen molar-refractivity contribution in [3.8, 4) is 0 Å². The summed E-state index contributed by atoms with van der Waals surface area (Å²) in [5.41, 5.74) is -0.0672. The molecule has 1 heterocycles. The van der Waals surface area contributed by atoms with Crippen LogP contribution in [0.1, 0.15) is 23.2 Å². The number of ether oxygens (including phenoxy) is 1. The van der Waals surface area contributed by atoms with Gasteiger partial charge in [-0.05, 0) is 31.0 Å². The number of rotatable bonds is 2. The van der Waals surface area contributed by atoms with Crippen molar-refractivity contribution in [2.45, 2.75) is 12.8 Å². The van der Waals surface area contributed by atoms with Crippen molar-refractivity contribution < 1.29 is 14.3 Å². The maximum atomic E-state index is 12.4. The van der Waals surface area contributed by atoms with Crippen molar-refractivity contribution in [1.29, 1.82) is 0 Å². The first kappa shape index (κ1) is 12.0. The fourth-order valence-electron chi connectivity index (χ4n) is 2.47. The van der Waals surface area contributed by atoms with Crippen LogP contribution in [0.15, 0.2) is 18.2 Å². The summed E-state index contributed by atoms with van der Waals surface area (Å²) in [6, 6.07) is 4.77. The molecule has 1 saturated heterocycles. The molecule has 0 radical (unpaired) electrons. The zero-order valence-electron chi connectivity index (χ0n) is 9.41. The Balaban J connectivity index is 1.91. The van der Waals surface area contributed by atoms with Crippen molar-refractivity contribution in [1.82, 2.24) is 0 Å². The summed E-state index contributed by atoms with van der Waals surface area (Å²) in [7, 11) is 0. The third-order valence-electron chi connectivity index (χ3n) is 3.76. The predicted molar refractivity (Wildman–Crippen MR) is 66.9 cm³/mol. The van der Waals surface area contributed by atoms with E-state index in [2.05, 4.69) is 0 Å². The molecule has 18 heavy (non-hydrogen) atoms. The van der Waals surface area contributed by atoms with Crippen LogP contribution in [-0.2, 0) is 9.53 Å². The zero-order valence-corrected chi connectivity index (χ0v) is 10.9.